The molecule has 3 heteroatoms. The minimum atomic E-state index is 0.0740. The van der Waals surface area contributed by atoms with Gasteiger partial charge in [-0.3, -0.25) is 0 Å². The Kier molecular flexibility index (Phi) is 3.25. The summed E-state index contributed by atoms with van der Waals surface area (Å²) in [5.74, 6) is 0. The van der Waals surface area contributed by atoms with Gasteiger partial charge < -0.3 is 10.3 Å². The molecule has 0 aliphatic rings. The SMILES string of the molecule is C=CC(C)n1cncc1[C@H](N)CC. The van der Waals surface area contributed by atoms with Crippen molar-refractivity contribution in [2.45, 2.75) is 32.4 Å². The summed E-state index contributed by atoms with van der Waals surface area (Å²) in [6.07, 6.45) is 6.44. The second-order valence-electron chi connectivity index (χ2n) is 3.22. The lowest BCUT2D eigenvalue weighted by Gasteiger charge is -2.16. The van der Waals surface area contributed by atoms with Crippen molar-refractivity contribution in [1.29, 1.82) is 0 Å². The zero-order valence-electron chi connectivity index (χ0n) is 8.27. The maximum absolute atomic E-state index is 5.94. The molecule has 0 saturated heterocycles. The summed E-state index contributed by atoms with van der Waals surface area (Å²) < 4.78 is 2.06. The Morgan fingerprint density at radius 1 is 1.77 bits per heavy atom. The molecule has 72 valence electrons. The van der Waals surface area contributed by atoms with Crippen LogP contribution in [0.25, 0.3) is 0 Å². The topological polar surface area (TPSA) is 43.8 Å². The number of hydrogen-bond donors (Lipinski definition) is 1. The molecular weight excluding hydrogens is 162 g/mol. The Morgan fingerprint density at radius 2 is 2.46 bits per heavy atom. The molecule has 1 aromatic rings. The normalized spacial score (nSPS) is 15.3. The van der Waals surface area contributed by atoms with E-state index in [1.54, 1.807) is 6.33 Å². The zero-order chi connectivity index (χ0) is 9.84. The minimum absolute atomic E-state index is 0.0740. The van der Waals surface area contributed by atoms with Gasteiger partial charge >= 0.3 is 0 Å². The molecule has 2 N–H and O–H groups in total. The van der Waals surface area contributed by atoms with Crippen molar-refractivity contribution in [3.05, 3.63) is 30.9 Å². The first-order valence-electron chi connectivity index (χ1n) is 4.60. The lowest BCUT2D eigenvalue weighted by Crippen LogP contribution is -2.15. The van der Waals surface area contributed by atoms with Gasteiger partial charge in [-0.2, -0.15) is 0 Å². The van der Waals surface area contributed by atoms with Crippen molar-refractivity contribution in [3.8, 4) is 0 Å². The molecule has 0 aliphatic carbocycles. The van der Waals surface area contributed by atoms with E-state index >= 15 is 0 Å². The molecule has 0 spiro atoms. The van der Waals surface area contributed by atoms with Gasteiger partial charge in [-0.15, -0.1) is 6.58 Å². The third kappa shape index (κ3) is 1.98. The Labute approximate surface area is 79.3 Å². The zero-order valence-corrected chi connectivity index (χ0v) is 8.27. The van der Waals surface area contributed by atoms with Gasteiger partial charge in [0.2, 0.25) is 0 Å². The smallest absolute Gasteiger partial charge is 0.0954 e. The molecule has 0 aromatic carbocycles. The van der Waals surface area contributed by atoms with Crippen LogP contribution in [0.5, 0.6) is 0 Å². The number of aromatic nitrogens is 2. The molecule has 1 rings (SSSR count). The van der Waals surface area contributed by atoms with Crippen LogP contribution in [0.4, 0.5) is 0 Å². The fourth-order valence-electron chi connectivity index (χ4n) is 1.27. The van der Waals surface area contributed by atoms with Crippen molar-refractivity contribution in [2.75, 3.05) is 0 Å². The third-order valence-electron chi connectivity index (χ3n) is 2.30. The number of rotatable bonds is 4. The predicted octanol–water partition coefficient (Wildman–Crippen LogP) is 2.04. The molecule has 0 fully saturated rings. The van der Waals surface area contributed by atoms with Gasteiger partial charge in [-0.25, -0.2) is 4.98 Å². The van der Waals surface area contributed by atoms with E-state index in [0.717, 1.165) is 12.1 Å². The molecule has 1 unspecified atom stereocenters. The van der Waals surface area contributed by atoms with E-state index in [4.69, 9.17) is 5.73 Å². The standard InChI is InChI=1S/C10H17N3/c1-4-8(3)13-7-12-6-10(13)9(11)5-2/h4,6-9H,1,5,11H2,2-3H3/t8?,9-/m1/s1. The molecule has 0 radical (unpaired) electrons. The first-order chi connectivity index (χ1) is 6.20. The summed E-state index contributed by atoms with van der Waals surface area (Å²) in [5, 5.41) is 0. The van der Waals surface area contributed by atoms with Gasteiger partial charge in [0.1, 0.15) is 0 Å². The highest BCUT2D eigenvalue weighted by atomic mass is 15.1. The summed E-state index contributed by atoms with van der Waals surface area (Å²) >= 11 is 0. The molecule has 0 saturated carbocycles. The van der Waals surface area contributed by atoms with Gasteiger partial charge in [0.25, 0.3) is 0 Å². The first-order valence-corrected chi connectivity index (χ1v) is 4.60. The van der Waals surface area contributed by atoms with Gasteiger partial charge in [-0.05, 0) is 13.3 Å². The lowest BCUT2D eigenvalue weighted by molar-refractivity contribution is 0.569. The molecule has 1 heterocycles. The van der Waals surface area contributed by atoms with Crippen molar-refractivity contribution in [3.63, 3.8) is 0 Å². The Bertz CT molecular complexity index is 277. The van der Waals surface area contributed by atoms with Gasteiger partial charge in [-0.1, -0.05) is 13.0 Å². The summed E-state index contributed by atoms with van der Waals surface area (Å²) in [5.41, 5.74) is 7.02. The first kappa shape index (κ1) is 9.99. The number of hydrogen-bond acceptors (Lipinski definition) is 2. The van der Waals surface area contributed by atoms with Crippen LogP contribution in [0.2, 0.25) is 0 Å². The Balaban J connectivity index is 2.94. The molecule has 2 atom stereocenters. The van der Waals surface area contributed by atoms with Crippen LogP contribution in [-0.2, 0) is 0 Å². The number of nitrogens with two attached hydrogens (primary N) is 1. The van der Waals surface area contributed by atoms with Gasteiger partial charge in [0.05, 0.1) is 12.0 Å². The Morgan fingerprint density at radius 3 is 3.00 bits per heavy atom. The fourth-order valence-corrected chi connectivity index (χ4v) is 1.27. The third-order valence-corrected chi connectivity index (χ3v) is 2.30. The highest BCUT2D eigenvalue weighted by molar-refractivity contribution is 5.07. The quantitative estimate of drug-likeness (QED) is 0.719. The van der Waals surface area contributed by atoms with Crippen LogP contribution in [0, 0.1) is 0 Å². The van der Waals surface area contributed by atoms with Crippen LogP contribution >= 0.6 is 0 Å². The minimum Gasteiger partial charge on any atom is -0.326 e. The lowest BCUT2D eigenvalue weighted by atomic mass is 10.1. The van der Waals surface area contributed by atoms with Crippen molar-refractivity contribution in [2.24, 2.45) is 5.73 Å². The molecule has 13 heavy (non-hydrogen) atoms. The number of allylic oxidation sites excluding steroid dienone is 1. The predicted molar refractivity (Wildman–Crippen MR) is 54.4 cm³/mol. The molecule has 0 aliphatic heterocycles. The van der Waals surface area contributed by atoms with E-state index < -0.39 is 0 Å². The van der Waals surface area contributed by atoms with Crippen LogP contribution in [0.15, 0.2) is 25.2 Å². The highest BCUT2D eigenvalue weighted by Crippen LogP contribution is 2.17. The summed E-state index contributed by atoms with van der Waals surface area (Å²) in [7, 11) is 0. The van der Waals surface area contributed by atoms with Crippen molar-refractivity contribution in [1.82, 2.24) is 9.55 Å². The van der Waals surface area contributed by atoms with Crippen molar-refractivity contribution < 1.29 is 0 Å². The van der Waals surface area contributed by atoms with Crippen LogP contribution in [0.3, 0.4) is 0 Å². The average Bonchev–Trinajstić information content (AvgIpc) is 2.63. The van der Waals surface area contributed by atoms with E-state index in [2.05, 4.69) is 30.0 Å². The molecule has 0 amide bonds. The summed E-state index contributed by atoms with van der Waals surface area (Å²) in [6, 6.07) is 0.333. The van der Waals surface area contributed by atoms with Gasteiger partial charge in [0.15, 0.2) is 0 Å². The fraction of sp³-hybridized carbons (Fsp3) is 0.500. The van der Waals surface area contributed by atoms with E-state index in [1.165, 1.54) is 0 Å². The van der Waals surface area contributed by atoms with E-state index in [1.807, 2.05) is 12.3 Å². The van der Waals surface area contributed by atoms with Gasteiger partial charge in [0, 0.05) is 18.3 Å². The molecule has 1 aromatic heterocycles. The highest BCUT2D eigenvalue weighted by Gasteiger charge is 2.11. The molecule has 0 bridgehead atoms. The number of nitrogens with zero attached hydrogens (tertiary/aromatic N) is 2. The largest absolute Gasteiger partial charge is 0.326 e. The molecule has 3 nitrogen and oxygen atoms in total. The number of imidazole rings is 1. The van der Waals surface area contributed by atoms with Crippen molar-refractivity contribution >= 4 is 0 Å². The summed E-state index contributed by atoms with van der Waals surface area (Å²) in [4.78, 5) is 4.10. The maximum atomic E-state index is 5.94. The van der Waals surface area contributed by atoms with Crippen LogP contribution in [0.1, 0.15) is 38.0 Å². The van der Waals surface area contributed by atoms with Crippen LogP contribution < -0.4 is 5.73 Å². The van der Waals surface area contributed by atoms with E-state index in [0.29, 0.717) is 0 Å². The second kappa shape index (κ2) is 4.23. The van der Waals surface area contributed by atoms with E-state index in [-0.39, 0.29) is 12.1 Å². The second-order valence-corrected chi connectivity index (χ2v) is 3.22. The van der Waals surface area contributed by atoms with Crippen LogP contribution in [-0.4, -0.2) is 9.55 Å². The summed E-state index contributed by atoms with van der Waals surface area (Å²) in [6.45, 7) is 7.89. The average molecular weight is 179 g/mol. The molecular formula is C10H17N3. The Hall–Kier alpha value is -1.09. The monoisotopic (exact) mass is 179 g/mol. The van der Waals surface area contributed by atoms with E-state index in [9.17, 15) is 0 Å². The maximum Gasteiger partial charge on any atom is 0.0954 e.